The lowest BCUT2D eigenvalue weighted by molar-refractivity contribution is -0.132. The predicted octanol–water partition coefficient (Wildman–Crippen LogP) is 4.38. The van der Waals surface area contributed by atoms with Crippen LogP contribution in [0, 0.1) is 5.92 Å². The number of carbonyl (C=O) groups excluding carboxylic acids is 2. The Hall–Kier alpha value is -2.62. The molecule has 2 aliphatic rings. The summed E-state index contributed by atoms with van der Waals surface area (Å²) in [5.74, 6) is 0.402. The fourth-order valence-electron chi connectivity index (χ4n) is 4.47. The number of fused-ring (bicyclic) bond motifs is 1. The summed E-state index contributed by atoms with van der Waals surface area (Å²) >= 11 is 0. The van der Waals surface area contributed by atoms with E-state index < -0.39 is 0 Å². The monoisotopic (exact) mass is 390 g/mol. The molecule has 152 valence electrons. The highest BCUT2D eigenvalue weighted by Crippen LogP contribution is 2.26. The first-order valence-electron chi connectivity index (χ1n) is 10.9. The summed E-state index contributed by atoms with van der Waals surface area (Å²) in [6.45, 7) is 1.82. The maximum absolute atomic E-state index is 12.7. The number of anilines is 1. The molecule has 2 aromatic carbocycles. The molecular formula is C25H30N2O2. The first-order chi connectivity index (χ1) is 14.2. The second-order valence-electron chi connectivity index (χ2n) is 8.34. The van der Waals surface area contributed by atoms with Crippen LogP contribution in [0.3, 0.4) is 0 Å². The molecule has 1 aliphatic heterocycles. The SMILES string of the molecule is O=C(Nc1ccc(CCC(=O)N2CCCCC2)cc1)C1CCc2ccccc2C1. The van der Waals surface area contributed by atoms with Gasteiger partial charge in [0.2, 0.25) is 11.8 Å². The number of piperidine rings is 1. The quantitative estimate of drug-likeness (QED) is 0.824. The van der Waals surface area contributed by atoms with Gasteiger partial charge in [-0.15, -0.1) is 0 Å². The number of hydrogen-bond donors (Lipinski definition) is 1. The smallest absolute Gasteiger partial charge is 0.227 e. The van der Waals surface area contributed by atoms with Crippen LogP contribution in [0.15, 0.2) is 48.5 Å². The summed E-state index contributed by atoms with van der Waals surface area (Å²) in [6, 6.07) is 16.4. The summed E-state index contributed by atoms with van der Waals surface area (Å²) in [6.07, 6.45) is 7.51. The van der Waals surface area contributed by atoms with Gasteiger partial charge in [0.1, 0.15) is 0 Å². The van der Waals surface area contributed by atoms with Crippen molar-refractivity contribution >= 4 is 17.5 Å². The molecular weight excluding hydrogens is 360 g/mol. The predicted molar refractivity (Wildman–Crippen MR) is 116 cm³/mol. The molecule has 2 amide bonds. The van der Waals surface area contributed by atoms with Crippen LogP contribution < -0.4 is 5.32 Å². The number of likely N-dealkylation sites (tertiary alicyclic amines) is 1. The largest absolute Gasteiger partial charge is 0.343 e. The van der Waals surface area contributed by atoms with Crippen molar-refractivity contribution in [1.82, 2.24) is 4.90 Å². The van der Waals surface area contributed by atoms with E-state index in [1.54, 1.807) is 0 Å². The average Bonchev–Trinajstić information content (AvgIpc) is 2.78. The summed E-state index contributed by atoms with van der Waals surface area (Å²) in [5.41, 5.74) is 4.65. The number of benzene rings is 2. The van der Waals surface area contributed by atoms with Gasteiger partial charge in [-0.25, -0.2) is 0 Å². The van der Waals surface area contributed by atoms with Gasteiger partial charge in [-0.3, -0.25) is 9.59 Å². The highest BCUT2D eigenvalue weighted by Gasteiger charge is 2.24. The average molecular weight is 391 g/mol. The molecule has 0 radical (unpaired) electrons. The highest BCUT2D eigenvalue weighted by molar-refractivity contribution is 5.93. The molecule has 1 saturated heterocycles. The van der Waals surface area contributed by atoms with E-state index in [0.717, 1.165) is 62.9 Å². The molecule has 1 unspecified atom stereocenters. The van der Waals surface area contributed by atoms with Gasteiger partial charge in [-0.1, -0.05) is 36.4 Å². The maximum atomic E-state index is 12.7. The zero-order valence-corrected chi connectivity index (χ0v) is 17.0. The Labute approximate surface area is 173 Å². The Balaban J connectivity index is 1.27. The van der Waals surface area contributed by atoms with Gasteiger partial charge in [-0.05, 0) is 73.8 Å². The Bertz CT molecular complexity index is 853. The number of amides is 2. The summed E-state index contributed by atoms with van der Waals surface area (Å²) in [7, 11) is 0. The van der Waals surface area contributed by atoms with Crippen molar-refractivity contribution in [3.63, 3.8) is 0 Å². The van der Waals surface area contributed by atoms with E-state index in [1.165, 1.54) is 17.5 Å². The molecule has 0 aromatic heterocycles. The van der Waals surface area contributed by atoms with Crippen molar-refractivity contribution < 1.29 is 9.59 Å². The van der Waals surface area contributed by atoms with E-state index in [-0.39, 0.29) is 17.7 Å². The van der Waals surface area contributed by atoms with Gasteiger partial charge >= 0.3 is 0 Å². The van der Waals surface area contributed by atoms with E-state index >= 15 is 0 Å². The van der Waals surface area contributed by atoms with Crippen molar-refractivity contribution in [2.24, 2.45) is 5.92 Å². The summed E-state index contributed by atoms with van der Waals surface area (Å²) in [5, 5.41) is 3.07. The Morgan fingerprint density at radius 3 is 2.41 bits per heavy atom. The fourth-order valence-corrected chi connectivity index (χ4v) is 4.47. The Morgan fingerprint density at radius 2 is 1.66 bits per heavy atom. The third kappa shape index (κ3) is 5.06. The lowest BCUT2D eigenvalue weighted by Gasteiger charge is -2.26. The molecule has 1 N–H and O–H groups in total. The van der Waals surface area contributed by atoms with Crippen LogP contribution in [0.4, 0.5) is 5.69 Å². The fraction of sp³-hybridized carbons (Fsp3) is 0.440. The van der Waals surface area contributed by atoms with Crippen LogP contribution >= 0.6 is 0 Å². The van der Waals surface area contributed by atoms with Crippen LogP contribution in [-0.2, 0) is 28.9 Å². The van der Waals surface area contributed by atoms with E-state index in [9.17, 15) is 9.59 Å². The second kappa shape index (κ2) is 9.25. The van der Waals surface area contributed by atoms with Gasteiger partial charge in [0.15, 0.2) is 0 Å². The van der Waals surface area contributed by atoms with Crippen LogP contribution in [0.5, 0.6) is 0 Å². The standard InChI is InChI=1S/C25H30N2O2/c28-24(27-16-4-1-5-17-27)15-10-19-8-13-23(14-9-19)26-25(29)22-12-11-20-6-2-3-7-21(20)18-22/h2-3,6-9,13-14,22H,1,4-5,10-12,15-18H2,(H,26,29). The number of rotatable bonds is 5. The number of hydrogen-bond acceptors (Lipinski definition) is 2. The normalized spacial score (nSPS) is 18.8. The molecule has 0 bridgehead atoms. The zero-order valence-electron chi connectivity index (χ0n) is 17.0. The minimum Gasteiger partial charge on any atom is -0.343 e. The molecule has 29 heavy (non-hydrogen) atoms. The topological polar surface area (TPSA) is 49.4 Å². The zero-order chi connectivity index (χ0) is 20.1. The number of carbonyl (C=O) groups is 2. The van der Waals surface area contributed by atoms with E-state index in [0.29, 0.717) is 6.42 Å². The molecule has 1 heterocycles. The lowest BCUT2D eigenvalue weighted by atomic mass is 9.83. The van der Waals surface area contributed by atoms with Crippen molar-refractivity contribution in [2.45, 2.75) is 51.4 Å². The third-order valence-corrected chi connectivity index (χ3v) is 6.28. The van der Waals surface area contributed by atoms with Gasteiger partial charge < -0.3 is 10.2 Å². The molecule has 4 heteroatoms. The molecule has 4 nitrogen and oxygen atoms in total. The number of aryl methyl sites for hydroxylation is 2. The Kier molecular flexibility index (Phi) is 6.28. The van der Waals surface area contributed by atoms with Gasteiger partial charge in [0.25, 0.3) is 0 Å². The number of nitrogens with one attached hydrogen (secondary N) is 1. The van der Waals surface area contributed by atoms with Gasteiger partial charge in [0.05, 0.1) is 0 Å². The first kappa shape index (κ1) is 19.7. The molecule has 2 aromatic rings. The molecule has 4 rings (SSSR count). The first-order valence-corrected chi connectivity index (χ1v) is 10.9. The summed E-state index contributed by atoms with van der Waals surface area (Å²) < 4.78 is 0. The lowest BCUT2D eigenvalue weighted by Crippen LogP contribution is -2.35. The maximum Gasteiger partial charge on any atom is 0.227 e. The van der Waals surface area contributed by atoms with Gasteiger partial charge in [0, 0.05) is 31.1 Å². The van der Waals surface area contributed by atoms with Crippen LogP contribution in [0.2, 0.25) is 0 Å². The molecule has 1 fully saturated rings. The van der Waals surface area contributed by atoms with E-state index in [1.807, 2.05) is 35.2 Å². The third-order valence-electron chi connectivity index (χ3n) is 6.28. The van der Waals surface area contributed by atoms with Crippen LogP contribution in [-0.4, -0.2) is 29.8 Å². The minimum atomic E-state index is 0.0340. The molecule has 1 aliphatic carbocycles. The van der Waals surface area contributed by atoms with Crippen LogP contribution in [0.1, 0.15) is 48.8 Å². The molecule has 1 atom stereocenters. The van der Waals surface area contributed by atoms with E-state index in [2.05, 4.69) is 23.5 Å². The summed E-state index contributed by atoms with van der Waals surface area (Å²) in [4.78, 5) is 27.0. The van der Waals surface area contributed by atoms with Crippen molar-refractivity contribution in [3.05, 3.63) is 65.2 Å². The van der Waals surface area contributed by atoms with Crippen molar-refractivity contribution in [3.8, 4) is 0 Å². The number of nitrogens with zero attached hydrogens (tertiary/aromatic N) is 1. The van der Waals surface area contributed by atoms with Crippen LogP contribution in [0.25, 0.3) is 0 Å². The molecule has 0 spiro atoms. The van der Waals surface area contributed by atoms with Crippen molar-refractivity contribution in [2.75, 3.05) is 18.4 Å². The second-order valence-corrected chi connectivity index (χ2v) is 8.34. The molecule has 0 saturated carbocycles. The van der Waals surface area contributed by atoms with E-state index in [4.69, 9.17) is 0 Å². The van der Waals surface area contributed by atoms with Gasteiger partial charge in [-0.2, -0.15) is 0 Å². The van der Waals surface area contributed by atoms with Crippen molar-refractivity contribution in [1.29, 1.82) is 0 Å². The highest BCUT2D eigenvalue weighted by atomic mass is 16.2. The minimum absolute atomic E-state index is 0.0340. The Morgan fingerprint density at radius 1 is 0.931 bits per heavy atom.